The van der Waals surface area contributed by atoms with Crippen LogP contribution in [0.1, 0.15) is 23.6 Å². The summed E-state index contributed by atoms with van der Waals surface area (Å²) in [5, 5.41) is 23.1. The van der Waals surface area contributed by atoms with E-state index in [0.717, 1.165) is 23.2 Å². The molecule has 1 N–H and O–H groups in total. The highest BCUT2D eigenvalue weighted by Crippen LogP contribution is 2.28. The minimum absolute atomic E-state index is 0.0612. The van der Waals surface area contributed by atoms with E-state index < -0.39 is 4.92 Å². The largest absolute Gasteiger partial charge is 0.355 e. The zero-order valence-electron chi connectivity index (χ0n) is 11.9. The van der Waals surface area contributed by atoms with Crippen LogP contribution in [0.25, 0.3) is 0 Å². The Hall–Kier alpha value is -2.87. The summed E-state index contributed by atoms with van der Waals surface area (Å²) in [6.45, 7) is 4.04. The summed E-state index contributed by atoms with van der Waals surface area (Å²) >= 11 is 0. The SMILES string of the molecule is CCc1cccc(C)c1Nc1ccc(C#N)c([N+](=O)[O-])c1. The Balaban J connectivity index is 2.44. The quantitative estimate of drug-likeness (QED) is 0.676. The molecule has 2 rings (SSSR count). The van der Waals surface area contributed by atoms with Crippen LogP contribution in [0, 0.1) is 28.4 Å². The first-order chi connectivity index (χ1) is 10.1. The zero-order chi connectivity index (χ0) is 15.4. The molecule has 0 aliphatic rings. The van der Waals surface area contributed by atoms with Gasteiger partial charge in [-0.15, -0.1) is 0 Å². The summed E-state index contributed by atoms with van der Waals surface area (Å²) in [7, 11) is 0. The smallest absolute Gasteiger partial charge is 0.289 e. The van der Waals surface area contributed by atoms with Crippen LogP contribution in [0.3, 0.4) is 0 Å². The van der Waals surface area contributed by atoms with Crippen molar-refractivity contribution >= 4 is 17.1 Å². The first kappa shape index (κ1) is 14.5. The minimum atomic E-state index is -0.539. The molecule has 106 valence electrons. The van der Waals surface area contributed by atoms with Gasteiger partial charge in [0, 0.05) is 17.4 Å². The Morgan fingerprint density at radius 3 is 2.71 bits per heavy atom. The second-order valence-electron chi connectivity index (χ2n) is 4.69. The molecule has 0 saturated heterocycles. The second-order valence-corrected chi connectivity index (χ2v) is 4.69. The molecule has 0 amide bonds. The Morgan fingerprint density at radius 2 is 2.10 bits per heavy atom. The summed E-state index contributed by atoms with van der Waals surface area (Å²) in [5.41, 5.74) is 3.65. The van der Waals surface area contributed by atoms with Gasteiger partial charge in [0.2, 0.25) is 0 Å². The molecule has 0 atom stereocenters. The van der Waals surface area contributed by atoms with Crippen LogP contribution in [-0.2, 0) is 6.42 Å². The fourth-order valence-corrected chi connectivity index (χ4v) is 2.20. The molecular formula is C16H15N3O2. The average molecular weight is 281 g/mol. The molecule has 0 heterocycles. The normalized spacial score (nSPS) is 9.95. The van der Waals surface area contributed by atoms with Crippen molar-refractivity contribution < 1.29 is 4.92 Å². The van der Waals surface area contributed by atoms with Crippen molar-refractivity contribution in [2.45, 2.75) is 20.3 Å². The van der Waals surface area contributed by atoms with Gasteiger partial charge >= 0.3 is 0 Å². The van der Waals surface area contributed by atoms with E-state index in [9.17, 15) is 10.1 Å². The van der Waals surface area contributed by atoms with Crippen LogP contribution in [0.5, 0.6) is 0 Å². The van der Waals surface area contributed by atoms with E-state index >= 15 is 0 Å². The topological polar surface area (TPSA) is 79.0 Å². The van der Waals surface area contributed by atoms with Crippen LogP contribution in [-0.4, -0.2) is 4.92 Å². The maximum Gasteiger partial charge on any atom is 0.289 e. The summed E-state index contributed by atoms with van der Waals surface area (Å²) in [5.74, 6) is 0. The number of anilines is 2. The van der Waals surface area contributed by atoms with E-state index in [1.54, 1.807) is 6.07 Å². The van der Waals surface area contributed by atoms with Crippen molar-refractivity contribution in [3.63, 3.8) is 0 Å². The first-order valence-corrected chi connectivity index (χ1v) is 6.61. The number of aryl methyl sites for hydroxylation is 2. The Morgan fingerprint density at radius 1 is 1.33 bits per heavy atom. The number of hydrogen-bond acceptors (Lipinski definition) is 4. The fourth-order valence-electron chi connectivity index (χ4n) is 2.20. The lowest BCUT2D eigenvalue weighted by Crippen LogP contribution is -2.00. The number of nitro benzene ring substituents is 1. The number of nitrogens with zero attached hydrogens (tertiary/aromatic N) is 2. The third kappa shape index (κ3) is 3.00. The van der Waals surface area contributed by atoms with E-state index in [0.29, 0.717) is 5.69 Å². The van der Waals surface area contributed by atoms with E-state index in [1.165, 1.54) is 12.1 Å². The van der Waals surface area contributed by atoms with Gasteiger partial charge in [0.1, 0.15) is 11.6 Å². The number of hydrogen-bond donors (Lipinski definition) is 1. The van der Waals surface area contributed by atoms with Crippen molar-refractivity contribution in [3.05, 3.63) is 63.2 Å². The standard InChI is InChI=1S/C16H15N3O2/c1-3-12-6-4-5-11(2)16(12)18-14-8-7-13(10-17)15(9-14)19(20)21/h4-9,18H,3H2,1-2H3. The lowest BCUT2D eigenvalue weighted by atomic mass is 10.1. The molecule has 0 saturated carbocycles. The third-order valence-corrected chi connectivity index (χ3v) is 3.32. The maximum absolute atomic E-state index is 11.0. The molecule has 0 unspecified atom stereocenters. The van der Waals surface area contributed by atoms with Gasteiger partial charge in [-0.25, -0.2) is 0 Å². The van der Waals surface area contributed by atoms with E-state index in [2.05, 4.69) is 12.2 Å². The van der Waals surface area contributed by atoms with Crippen LogP contribution in [0.4, 0.5) is 17.1 Å². The predicted octanol–water partition coefficient (Wildman–Crippen LogP) is 4.08. The van der Waals surface area contributed by atoms with E-state index in [4.69, 9.17) is 5.26 Å². The molecule has 2 aromatic rings. The molecule has 0 bridgehead atoms. The highest BCUT2D eigenvalue weighted by molar-refractivity contribution is 5.70. The lowest BCUT2D eigenvalue weighted by Gasteiger charge is -2.14. The van der Waals surface area contributed by atoms with Gasteiger partial charge in [-0.3, -0.25) is 10.1 Å². The Labute approximate surface area is 123 Å². The van der Waals surface area contributed by atoms with Crippen molar-refractivity contribution in [1.29, 1.82) is 5.26 Å². The van der Waals surface area contributed by atoms with Crippen molar-refractivity contribution in [3.8, 4) is 6.07 Å². The minimum Gasteiger partial charge on any atom is -0.355 e. The number of benzene rings is 2. The van der Waals surface area contributed by atoms with Gasteiger partial charge in [-0.2, -0.15) is 5.26 Å². The molecule has 0 aliphatic heterocycles. The van der Waals surface area contributed by atoms with Gasteiger partial charge in [-0.1, -0.05) is 25.1 Å². The van der Waals surface area contributed by atoms with E-state index in [-0.39, 0.29) is 11.3 Å². The summed E-state index contributed by atoms with van der Waals surface area (Å²) in [6, 6.07) is 12.4. The monoisotopic (exact) mass is 281 g/mol. The van der Waals surface area contributed by atoms with Crippen molar-refractivity contribution in [2.24, 2.45) is 0 Å². The molecule has 5 heteroatoms. The number of rotatable bonds is 4. The molecular weight excluding hydrogens is 266 g/mol. The van der Waals surface area contributed by atoms with Gasteiger partial charge in [-0.05, 0) is 36.6 Å². The van der Waals surface area contributed by atoms with Crippen LogP contribution < -0.4 is 5.32 Å². The number of nitriles is 1. The number of nitro groups is 1. The maximum atomic E-state index is 11.0. The predicted molar refractivity (Wildman–Crippen MR) is 81.7 cm³/mol. The molecule has 2 aromatic carbocycles. The number of para-hydroxylation sites is 1. The van der Waals surface area contributed by atoms with Crippen LogP contribution in [0.2, 0.25) is 0 Å². The van der Waals surface area contributed by atoms with Gasteiger partial charge in [0.25, 0.3) is 5.69 Å². The summed E-state index contributed by atoms with van der Waals surface area (Å²) in [6.07, 6.45) is 0.863. The fraction of sp³-hybridized carbons (Fsp3) is 0.188. The highest BCUT2D eigenvalue weighted by atomic mass is 16.6. The van der Waals surface area contributed by atoms with Gasteiger partial charge in [0.15, 0.2) is 0 Å². The molecule has 5 nitrogen and oxygen atoms in total. The molecule has 21 heavy (non-hydrogen) atoms. The average Bonchev–Trinajstić information content (AvgIpc) is 2.49. The number of nitrogens with one attached hydrogen (secondary N) is 1. The van der Waals surface area contributed by atoms with Gasteiger partial charge < -0.3 is 5.32 Å². The van der Waals surface area contributed by atoms with Crippen molar-refractivity contribution in [1.82, 2.24) is 0 Å². The summed E-state index contributed by atoms with van der Waals surface area (Å²) < 4.78 is 0. The van der Waals surface area contributed by atoms with Crippen LogP contribution >= 0.6 is 0 Å². The molecule has 0 radical (unpaired) electrons. The Bertz CT molecular complexity index is 733. The molecule has 0 aliphatic carbocycles. The summed E-state index contributed by atoms with van der Waals surface area (Å²) in [4.78, 5) is 10.5. The van der Waals surface area contributed by atoms with Crippen molar-refractivity contribution in [2.75, 3.05) is 5.32 Å². The first-order valence-electron chi connectivity index (χ1n) is 6.61. The molecule has 0 spiro atoms. The lowest BCUT2D eigenvalue weighted by molar-refractivity contribution is -0.385. The third-order valence-electron chi connectivity index (χ3n) is 3.32. The van der Waals surface area contributed by atoms with Crippen LogP contribution in [0.15, 0.2) is 36.4 Å². The highest BCUT2D eigenvalue weighted by Gasteiger charge is 2.15. The second kappa shape index (κ2) is 6.06. The molecule has 0 aromatic heterocycles. The Kier molecular flexibility index (Phi) is 4.19. The molecule has 0 fully saturated rings. The van der Waals surface area contributed by atoms with E-state index in [1.807, 2.05) is 31.2 Å². The zero-order valence-corrected chi connectivity index (χ0v) is 11.9. The van der Waals surface area contributed by atoms with Gasteiger partial charge in [0.05, 0.1) is 4.92 Å².